The number of rotatable bonds is 8. The van der Waals surface area contributed by atoms with Gasteiger partial charge in [-0.1, -0.05) is 0 Å². The van der Waals surface area contributed by atoms with Crippen LogP contribution in [0.25, 0.3) is 0 Å². The average molecular weight is 266 g/mol. The summed E-state index contributed by atoms with van der Waals surface area (Å²) in [4.78, 5) is 15.3. The molecule has 0 aromatic carbocycles. The molecule has 0 fully saturated rings. The molecule has 1 aromatic rings. The third-order valence-corrected chi connectivity index (χ3v) is 2.49. The van der Waals surface area contributed by atoms with Crippen molar-refractivity contribution in [3.8, 4) is 0 Å². The first-order valence-corrected chi connectivity index (χ1v) is 6.41. The highest BCUT2D eigenvalue weighted by molar-refractivity contribution is 5.98. The molecule has 0 aliphatic rings. The molecule has 6 heteroatoms. The topological polar surface area (TPSA) is 103 Å². The van der Waals surface area contributed by atoms with E-state index in [1.54, 1.807) is 0 Å². The second kappa shape index (κ2) is 7.58. The van der Waals surface area contributed by atoms with Crippen LogP contribution in [-0.2, 0) is 4.74 Å². The summed E-state index contributed by atoms with van der Waals surface area (Å²) in [5, 5.41) is 3.09. The first-order chi connectivity index (χ1) is 9.00. The Morgan fingerprint density at radius 3 is 2.84 bits per heavy atom. The lowest BCUT2D eigenvalue weighted by molar-refractivity contribution is 0.0765. The molecule has 0 bridgehead atoms. The monoisotopic (exact) mass is 266 g/mol. The van der Waals surface area contributed by atoms with E-state index in [1.807, 2.05) is 13.8 Å². The zero-order chi connectivity index (χ0) is 14.3. The number of hydrogen-bond acceptors (Lipinski definition) is 5. The van der Waals surface area contributed by atoms with Crippen LogP contribution in [0, 0.1) is 0 Å². The van der Waals surface area contributed by atoms with Gasteiger partial charge in [-0.15, -0.1) is 0 Å². The second-order valence-corrected chi connectivity index (χ2v) is 4.58. The molecule has 0 unspecified atom stereocenters. The Balaban J connectivity index is 2.39. The Labute approximate surface area is 113 Å². The minimum atomic E-state index is -0.537. The predicted octanol–water partition coefficient (Wildman–Crippen LogP) is 1.38. The Hall–Kier alpha value is -1.82. The summed E-state index contributed by atoms with van der Waals surface area (Å²) >= 11 is 0. The summed E-state index contributed by atoms with van der Waals surface area (Å²) in [5.41, 5.74) is 11.6. The smallest absolute Gasteiger partial charge is 0.252 e. The molecule has 0 radical (unpaired) electrons. The summed E-state index contributed by atoms with van der Waals surface area (Å²) < 4.78 is 5.44. The second-order valence-electron chi connectivity index (χ2n) is 4.58. The van der Waals surface area contributed by atoms with Crippen LogP contribution in [0.1, 0.15) is 37.0 Å². The van der Waals surface area contributed by atoms with E-state index in [0.717, 1.165) is 19.4 Å². The standard InChI is InChI=1S/C13H22N4O2/c1-9(2)19-6-4-3-5-16-13-11(12(15)18)7-10(14)8-17-13/h7-9H,3-6,14H2,1-2H3,(H2,15,18)(H,16,17). The van der Waals surface area contributed by atoms with Gasteiger partial charge >= 0.3 is 0 Å². The van der Waals surface area contributed by atoms with Gasteiger partial charge in [-0.05, 0) is 32.8 Å². The maximum atomic E-state index is 11.3. The highest BCUT2D eigenvalue weighted by Crippen LogP contribution is 2.14. The summed E-state index contributed by atoms with van der Waals surface area (Å²) in [6, 6.07) is 1.53. The molecule has 1 rings (SSSR count). The van der Waals surface area contributed by atoms with Crippen LogP contribution in [0.3, 0.4) is 0 Å². The zero-order valence-electron chi connectivity index (χ0n) is 11.5. The number of nitrogens with two attached hydrogens (primary N) is 2. The van der Waals surface area contributed by atoms with Crippen LogP contribution < -0.4 is 16.8 Å². The summed E-state index contributed by atoms with van der Waals surface area (Å²) in [5.74, 6) is -0.0584. The number of carbonyl (C=O) groups excluding carboxylic acids is 1. The minimum Gasteiger partial charge on any atom is -0.397 e. The molecule has 0 aliphatic heterocycles. The number of nitrogens with zero attached hydrogens (tertiary/aromatic N) is 1. The van der Waals surface area contributed by atoms with Gasteiger partial charge in [0.15, 0.2) is 0 Å². The Bertz CT molecular complexity index is 421. The fraction of sp³-hybridized carbons (Fsp3) is 0.538. The van der Waals surface area contributed by atoms with E-state index in [1.165, 1.54) is 12.3 Å². The summed E-state index contributed by atoms with van der Waals surface area (Å²) in [6.07, 6.45) is 3.63. The molecule has 106 valence electrons. The number of amides is 1. The van der Waals surface area contributed by atoms with Crippen LogP contribution in [-0.4, -0.2) is 30.1 Å². The average Bonchev–Trinajstić information content (AvgIpc) is 2.34. The molecular weight excluding hydrogens is 244 g/mol. The van der Waals surface area contributed by atoms with E-state index in [2.05, 4.69) is 10.3 Å². The fourth-order valence-corrected chi connectivity index (χ4v) is 1.56. The van der Waals surface area contributed by atoms with Gasteiger partial charge in [0.2, 0.25) is 0 Å². The number of pyridine rings is 1. The third kappa shape index (κ3) is 5.56. The molecule has 0 aliphatic carbocycles. The van der Waals surface area contributed by atoms with Crippen molar-refractivity contribution >= 4 is 17.4 Å². The summed E-state index contributed by atoms with van der Waals surface area (Å²) in [6.45, 7) is 5.46. The van der Waals surface area contributed by atoms with Gasteiger partial charge in [-0.25, -0.2) is 4.98 Å². The zero-order valence-corrected chi connectivity index (χ0v) is 11.5. The SMILES string of the molecule is CC(C)OCCCCNc1ncc(N)cc1C(N)=O. The molecule has 1 amide bonds. The maximum Gasteiger partial charge on any atom is 0.252 e. The first-order valence-electron chi connectivity index (χ1n) is 6.41. The number of aromatic nitrogens is 1. The van der Waals surface area contributed by atoms with Gasteiger partial charge in [0.05, 0.1) is 23.6 Å². The van der Waals surface area contributed by atoms with Crippen molar-refractivity contribution in [1.29, 1.82) is 0 Å². The van der Waals surface area contributed by atoms with Gasteiger partial charge < -0.3 is 21.5 Å². The van der Waals surface area contributed by atoms with E-state index in [9.17, 15) is 4.79 Å². The molecule has 1 aromatic heterocycles. The van der Waals surface area contributed by atoms with Crippen LogP contribution >= 0.6 is 0 Å². The van der Waals surface area contributed by atoms with Crippen LogP contribution in [0.2, 0.25) is 0 Å². The lowest BCUT2D eigenvalue weighted by atomic mass is 10.2. The molecule has 0 spiro atoms. The van der Waals surface area contributed by atoms with E-state index in [4.69, 9.17) is 16.2 Å². The van der Waals surface area contributed by atoms with Crippen molar-refractivity contribution < 1.29 is 9.53 Å². The van der Waals surface area contributed by atoms with E-state index in [0.29, 0.717) is 23.6 Å². The molecule has 1 heterocycles. The van der Waals surface area contributed by atoms with Crippen molar-refractivity contribution in [2.45, 2.75) is 32.8 Å². The van der Waals surface area contributed by atoms with Crippen molar-refractivity contribution in [3.63, 3.8) is 0 Å². The van der Waals surface area contributed by atoms with Crippen LogP contribution in [0.4, 0.5) is 11.5 Å². The number of carbonyl (C=O) groups is 1. The lowest BCUT2D eigenvalue weighted by Crippen LogP contribution is -2.16. The molecule has 0 saturated heterocycles. The predicted molar refractivity (Wildman–Crippen MR) is 76.0 cm³/mol. The number of anilines is 2. The Morgan fingerprint density at radius 2 is 2.21 bits per heavy atom. The van der Waals surface area contributed by atoms with Crippen LogP contribution in [0.5, 0.6) is 0 Å². The first kappa shape index (κ1) is 15.2. The van der Waals surface area contributed by atoms with Crippen molar-refractivity contribution in [1.82, 2.24) is 4.98 Å². The fourth-order valence-electron chi connectivity index (χ4n) is 1.56. The van der Waals surface area contributed by atoms with E-state index >= 15 is 0 Å². The van der Waals surface area contributed by atoms with Crippen molar-refractivity contribution in [3.05, 3.63) is 17.8 Å². The molecule has 0 saturated carbocycles. The largest absolute Gasteiger partial charge is 0.397 e. The minimum absolute atomic E-state index is 0.258. The third-order valence-electron chi connectivity index (χ3n) is 2.49. The molecule has 6 nitrogen and oxygen atoms in total. The number of hydrogen-bond donors (Lipinski definition) is 3. The lowest BCUT2D eigenvalue weighted by Gasteiger charge is -2.10. The van der Waals surface area contributed by atoms with Gasteiger partial charge in [0.25, 0.3) is 5.91 Å². The van der Waals surface area contributed by atoms with Gasteiger partial charge in [0, 0.05) is 13.2 Å². The van der Waals surface area contributed by atoms with Gasteiger partial charge in [-0.3, -0.25) is 4.79 Å². The Morgan fingerprint density at radius 1 is 1.47 bits per heavy atom. The van der Waals surface area contributed by atoms with Gasteiger partial charge in [-0.2, -0.15) is 0 Å². The molecule has 5 N–H and O–H groups in total. The maximum absolute atomic E-state index is 11.3. The van der Waals surface area contributed by atoms with Gasteiger partial charge in [0.1, 0.15) is 5.82 Å². The molecule has 0 atom stereocenters. The van der Waals surface area contributed by atoms with Crippen LogP contribution in [0.15, 0.2) is 12.3 Å². The molecular formula is C13H22N4O2. The number of primary amides is 1. The normalized spacial score (nSPS) is 10.7. The number of nitrogens with one attached hydrogen (secondary N) is 1. The number of nitrogen functional groups attached to an aromatic ring is 1. The highest BCUT2D eigenvalue weighted by Gasteiger charge is 2.09. The molecule has 19 heavy (non-hydrogen) atoms. The van der Waals surface area contributed by atoms with E-state index < -0.39 is 5.91 Å². The van der Waals surface area contributed by atoms with Crippen molar-refractivity contribution in [2.75, 3.05) is 24.2 Å². The number of unbranched alkanes of at least 4 members (excludes halogenated alkanes) is 1. The number of ether oxygens (including phenoxy) is 1. The summed E-state index contributed by atoms with van der Waals surface area (Å²) in [7, 11) is 0. The van der Waals surface area contributed by atoms with E-state index in [-0.39, 0.29) is 6.10 Å². The van der Waals surface area contributed by atoms with Crippen molar-refractivity contribution in [2.24, 2.45) is 5.73 Å². The Kier molecular flexibility index (Phi) is 6.08. The quantitative estimate of drug-likeness (QED) is 0.617. The highest BCUT2D eigenvalue weighted by atomic mass is 16.5.